The van der Waals surface area contributed by atoms with Gasteiger partial charge in [-0.05, 0) is 6.07 Å². The molecule has 1 amide bonds. The number of nitrogens with zero attached hydrogens (tertiary/aromatic N) is 1. The third-order valence-electron chi connectivity index (χ3n) is 2.24. The van der Waals surface area contributed by atoms with Gasteiger partial charge in [-0.3, -0.25) is 4.79 Å². The second-order valence-corrected chi connectivity index (χ2v) is 4.59. The number of primary amides is 1. The molecule has 5 nitrogen and oxygen atoms in total. The van der Waals surface area contributed by atoms with Crippen LogP contribution in [0.4, 0.5) is 5.82 Å². The highest BCUT2D eigenvalue weighted by Crippen LogP contribution is 2.30. The molecule has 88 valence electrons. The van der Waals surface area contributed by atoms with Crippen LogP contribution in [0, 0.1) is 0 Å². The van der Waals surface area contributed by atoms with Crippen LogP contribution >= 0.6 is 0 Å². The Bertz CT molecular complexity index is 422. The SMILES string of the molecule is COc1c(C(N)=O)cc(C(C)(C)C)nc1N. The Labute approximate surface area is 94.8 Å². The summed E-state index contributed by atoms with van der Waals surface area (Å²) in [6.45, 7) is 5.93. The van der Waals surface area contributed by atoms with E-state index < -0.39 is 5.91 Å². The second-order valence-electron chi connectivity index (χ2n) is 4.59. The van der Waals surface area contributed by atoms with Crippen molar-refractivity contribution in [2.24, 2.45) is 5.73 Å². The fourth-order valence-corrected chi connectivity index (χ4v) is 1.33. The van der Waals surface area contributed by atoms with Gasteiger partial charge in [0.1, 0.15) is 0 Å². The Morgan fingerprint density at radius 1 is 1.44 bits per heavy atom. The predicted molar refractivity (Wildman–Crippen MR) is 62.4 cm³/mol. The van der Waals surface area contributed by atoms with Crippen molar-refractivity contribution in [3.63, 3.8) is 0 Å². The minimum absolute atomic E-state index is 0.184. The zero-order valence-electron chi connectivity index (χ0n) is 10.00. The Morgan fingerprint density at radius 2 is 2.00 bits per heavy atom. The zero-order chi connectivity index (χ0) is 12.5. The largest absolute Gasteiger partial charge is 0.492 e. The highest BCUT2D eigenvalue weighted by Gasteiger charge is 2.22. The van der Waals surface area contributed by atoms with Crippen molar-refractivity contribution in [1.29, 1.82) is 0 Å². The first-order valence-electron chi connectivity index (χ1n) is 4.92. The molecule has 0 saturated carbocycles. The quantitative estimate of drug-likeness (QED) is 0.784. The molecule has 0 spiro atoms. The highest BCUT2D eigenvalue weighted by molar-refractivity contribution is 5.97. The third kappa shape index (κ3) is 2.24. The van der Waals surface area contributed by atoms with Crippen molar-refractivity contribution in [1.82, 2.24) is 4.98 Å². The summed E-state index contributed by atoms with van der Waals surface area (Å²) in [5, 5.41) is 0. The monoisotopic (exact) mass is 223 g/mol. The predicted octanol–water partition coefficient (Wildman–Crippen LogP) is 1.07. The lowest BCUT2D eigenvalue weighted by molar-refractivity contribution is 0.0997. The number of aromatic nitrogens is 1. The van der Waals surface area contributed by atoms with Gasteiger partial charge in [-0.1, -0.05) is 20.8 Å². The van der Waals surface area contributed by atoms with E-state index in [1.807, 2.05) is 20.8 Å². The van der Waals surface area contributed by atoms with Crippen LogP contribution in [0.25, 0.3) is 0 Å². The molecule has 1 aromatic rings. The van der Waals surface area contributed by atoms with Crippen LogP contribution in [0.15, 0.2) is 6.07 Å². The summed E-state index contributed by atoms with van der Waals surface area (Å²) >= 11 is 0. The van der Waals surface area contributed by atoms with E-state index in [0.717, 1.165) is 0 Å². The maximum atomic E-state index is 11.3. The molecule has 1 aromatic heterocycles. The molecule has 0 saturated heterocycles. The fraction of sp³-hybridized carbons (Fsp3) is 0.455. The van der Waals surface area contributed by atoms with Crippen molar-refractivity contribution in [3.05, 3.63) is 17.3 Å². The van der Waals surface area contributed by atoms with E-state index in [0.29, 0.717) is 5.69 Å². The minimum atomic E-state index is -0.573. The molecule has 0 aliphatic heterocycles. The smallest absolute Gasteiger partial charge is 0.252 e. The highest BCUT2D eigenvalue weighted by atomic mass is 16.5. The van der Waals surface area contributed by atoms with Gasteiger partial charge < -0.3 is 16.2 Å². The summed E-state index contributed by atoms with van der Waals surface area (Å²) in [5.41, 5.74) is 11.8. The number of hydrogen-bond donors (Lipinski definition) is 2. The molecule has 0 aliphatic carbocycles. The number of ether oxygens (including phenoxy) is 1. The number of carbonyl (C=O) groups excluding carboxylic acids is 1. The summed E-state index contributed by atoms with van der Waals surface area (Å²) in [4.78, 5) is 15.5. The Balaban J connectivity index is 3.46. The normalized spacial score (nSPS) is 11.2. The third-order valence-corrected chi connectivity index (χ3v) is 2.24. The maximum Gasteiger partial charge on any atom is 0.252 e. The number of carbonyl (C=O) groups is 1. The van der Waals surface area contributed by atoms with Crippen LogP contribution in [0.5, 0.6) is 5.75 Å². The number of nitrogens with two attached hydrogens (primary N) is 2. The van der Waals surface area contributed by atoms with Gasteiger partial charge in [0.2, 0.25) is 0 Å². The summed E-state index contributed by atoms with van der Waals surface area (Å²) in [6.07, 6.45) is 0. The molecule has 0 bridgehead atoms. The molecule has 4 N–H and O–H groups in total. The number of pyridine rings is 1. The number of nitrogen functional groups attached to an aromatic ring is 1. The molecular formula is C11H17N3O2. The average molecular weight is 223 g/mol. The Kier molecular flexibility index (Phi) is 3.07. The van der Waals surface area contributed by atoms with Crippen molar-refractivity contribution in [2.75, 3.05) is 12.8 Å². The summed E-state index contributed by atoms with van der Waals surface area (Å²) in [7, 11) is 1.43. The maximum absolute atomic E-state index is 11.3. The molecule has 1 rings (SSSR count). The van der Waals surface area contributed by atoms with Crippen LogP contribution in [-0.4, -0.2) is 18.0 Å². The van der Waals surface area contributed by atoms with Crippen LogP contribution in [0.2, 0.25) is 0 Å². The summed E-state index contributed by atoms with van der Waals surface area (Å²) < 4.78 is 5.02. The lowest BCUT2D eigenvalue weighted by Gasteiger charge is -2.20. The molecule has 1 heterocycles. The molecular weight excluding hydrogens is 206 g/mol. The molecule has 0 aliphatic rings. The van der Waals surface area contributed by atoms with Crippen molar-refractivity contribution < 1.29 is 9.53 Å². The minimum Gasteiger partial charge on any atom is -0.492 e. The number of anilines is 1. The van der Waals surface area contributed by atoms with Gasteiger partial charge in [0.25, 0.3) is 5.91 Å². The number of rotatable bonds is 2. The van der Waals surface area contributed by atoms with E-state index in [1.165, 1.54) is 7.11 Å². The average Bonchev–Trinajstić information content (AvgIpc) is 2.14. The van der Waals surface area contributed by atoms with Gasteiger partial charge in [-0.15, -0.1) is 0 Å². The fourth-order valence-electron chi connectivity index (χ4n) is 1.33. The van der Waals surface area contributed by atoms with Gasteiger partial charge in [-0.2, -0.15) is 0 Å². The Hall–Kier alpha value is -1.78. The Morgan fingerprint density at radius 3 is 2.38 bits per heavy atom. The van der Waals surface area contributed by atoms with Gasteiger partial charge in [-0.25, -0.2) is 4.98 Å². The van der Waals surface area contributed by atoms with Gasteiger partial charge in [0.05, 0.1) is 12.7 Å². The lowest BCUT2D eigenvalue weighted by atomic mass is 9.90. The van der Waals surface area contributed by atoms with Gasteiger partial charge in [0, 0.05) is 11.1 Å². The van der Waals surface area contributed by atoms with E-state index in [2.05, 4.69) is 4.98 Å². The van der Waals surface area contributed by atoms with E-state index in [4.69, 9.17) is 16.2 Å². The van der Waals surface area contributed by atoms with Crippen molar-refractivity contribution in [3.8, 4) is 5.75 Å². The van der Waals surface area contributed by atoms with Gasteiger partial charge in [0.15, 0.2) is 11.6 Å². The number of amides is 1. The standard InChI is InChI=1S/C11H17N3O2/c1-11(2,3)7-5-6(10(13)15)8(16-4)9(12)14-7/h5H,1-4H3,(H2,12,14)(H2,13,15). The first-order valence-corrected chi connectivity index (χ1v) is 4.92. The zero-order valence-corrected chi connectivity index (χ0v) is 10.00. The summed E-state index contributed by atoms with van der Waals surface area (Å²) in [5.74, 6) is -0.152. The molecule has 0 unspecified atom stereocenters. The lowest BCUT2D eigenvalue weighted by Crippen LogP contribution is -2.20. The molecule has 0 radical (unpaired) electrons. The number of methoxy groups -OCH3 is 1. The second kappa shape index (κ2) is 4.00. The molecule has 5 heteroatoms. The molecule has 0 aromatic carbocycles. The summed E-state index contributed by atoms with van der Waals surface area (Å²) in [6, 6.07) is 1.62. The van der Waals surface area contributed by atoms with Crippen molar-refractivity contribution >= 4 is 11.7 Å². The van der Waals surface area contributed by atoms with Crippen LogP contribution in [0.3, 0.4) is 0 Å². The molecule has 0 atom stereocenters. The van der Waals surface area contributed by atoms with E-state index in [1.54, 1.807) is 6.07 Å². The van der Waals surface area contributed by atoms with E-state index >= 15 is 0 Å². The topological polar surface area (TPSA) is 91.2 Å². The van der Waals surface area contributed by atoms with Crippen LogP contribution < -0.4 is 16.2 Å². The van der Waals surface area contributed by atoms with E-state index in [9.17, 15) is 4.79 Å². The van der Waals surface area contributed by atoms with Crippen molar-refractivity contribution in [2.45, 2.75) is 26.2 Å². The molecule has 16 heavy (non-hydrogen) atoms. The first-order chi connectivity index (χ1) is 7.27. The first kappa shape index (κ1) is 12.3. The molecule has 0 fully saturated rings. The number of hydrogen-bond acceptors (Lipinski definition) is 4. The van der Waals surface area contributed by atoms with E-state index in [-0.39, 0.29) is 22.5 Å². The van der Waals surface area contributed by atoms with Gasteiger partial charge >= 0.3 is 0 Å². The van der Waals surface area contributed by atoms with Crippen LogP contribution in [0.1, 0.15) is 36.8 Å². The van der Waals surface area contributed by atoms with Crippen LogP contribution in [-0.2, 0) is 5.41 Å².